The van der Waals surface area contributed by atoms with Crippen LogP contribution in [0.15, 0.2) is 16.9 Å². The number of hydrogen-bond donors (Lipinski definition) is 1. The first-order chi connectivity index (χ1) is 14.3. The summed E-state index contributed by atoms with van der Waals surface area (Å²) >= 11 is 1.16. The second-order valence-corrected chi connectivity index (χ2v) is 7.93. The minimum absolute atomic E-state index is 0.190. The molecule has 1 aromatic carbocycles. The lowest BCUT2D eigenvalue weighted by atomic mass is 10.0. The van der Waals surface area contributed by atoms with Crippen LogP contribution in [0.5, 0.6) is 0 Å². The summed E-state index contributed by atoms with van der Waals surface area (Å²) in [4.78, 5) is 37.2. The topological polar surface area (TPSA) is 86.6 Å². The van der Waals surface area contributed by atoms with Gasteiger partial charge < -0.3 is 14.8 Å². The van der Waals surface area contributed by atoms with Crippen LogP contribution in [0.3, 0.4) is 0 Å². The highest BCUT2D eigenvalue weighted by atomic mass is 32.1. The van der Waals surface area contributed by atoms with Crippen LogP contribution in [0.2, 0.25) is 0 Å². The van der Waals surface area contributed by atoms with Crippen LogP contribution in [-0.4, -0.2) is 43.3 Å². The number of nitrogens with one attached hydrogen (secondary N) is 1. The van der Waals surface area contributed by atoms with Gasteiger partial charge in [-0.3, -0.25) is 14.2 Å². The Kier molecular flexibility index (Phi) is 8.56. The number of thiazole rings is 1. The number of rotatable bonds is 8. The lowest BCUT2D eigenvalue weighted by molar-refractivity contribution is -0.135. The number of esters is 1. The highest BCUT2D eigenvalue weighted by Gasteiger charge is 2.11. The summed E-state index contributed by atoms with van der Waals surface area (Å²) < 4.78 is 12.0. The molecule has 8 heteroatoms. The van der Waals surface area contributed by atoms with Crippen molar-refractivity contribution in [1.82, 2.24) is 9.88 Å². The summed E-state index contributed by atoms with van der Waals surface area (Å²) in [7, 11) is 1.54. The predicted molar refractivity (Wildman–Crippen MR) is 118 cm³/mol. The molecule has 2 aromatic rings. The fraction of sp³-hybridized carbons (Fsp3) is 0.409. The number of benzene rings is 1. The van der Waals surface area contributed by atoms with Gasteiger partial charge in [0.2, 0.25) is 5.91 Å². The zero-order chi connectivity index (χ0) is 22.3. The van der Waals surface area contributed by atoms with Crippen molar-refractivity contribution in [2.24, 2.45) is 0 Å². The molecule has 0 atom stereocenters. The number of aromatic nitrogens is 1. The summed E-state index contributed by atoms with van der Waals surface area (Å²) in [6, 6.07) is 4.10. The average Bonchev–Trinajstić information content (AvgIpc) is 2.95. The van der Waals surface area contributed by atoms with E-state index >= 15 is 0 Å². The lowest BCUT2D eigenvalue weighted by Crippen LogP contribution is -2.39. The molecule has 0 spiro atoms. The van der Waals surface area contributed by atoms with Crippen molar-refractivity contribution in [3.05, 3.63) is 53.9 Å². The largest absolute Gasteiger partial charge is 0.463 e. The molecule has 0 saturated carbocycles. The smallest absolute Gasteiger partial charge is 0.333 e. The van der Waals surface area contributed by atoms with Crippen LogP contribution < -0.4 is 20.1 Å². The number of nitrogens with zero attached hydrogens (tertiary/aromatic N) is 1. The Morgan fingerprint density at radius 2 is 1.87 bits per heavy atom. The van der Waals surface area contributed by atoms with E-state index in [0.29, 0.717) is 22.3 Å². The van der Waals surface area contributed by atoms with Crippen LogP contribution in [0.25, 0.3) is 12.2 Å². The van der Waals surface area contributed by atoms with Gasteiger partial charge in [-0.25, -0.2) is 4.79 Å². The van der Waals surface area contributed by atoms with Gasteiger partial charge in [0, 0.05) is 13.7 Å². The Morgan fingerprint density at radius 3 is 2.53 bits per heavy atom. The Bertz CT molecular complexity index is 1100. The molecule has 0 fully saturated rings. The van der Waals surface area contributed by atoms with E-state index in [0.717, 1.165) is 28.0 Å². The fourth-order valence-corrected chi connectivity index (χ4v) is 3.87. The van der Waals surface area contributed by atoms with Gasteiger partial charge in [0.15, 0.2) is 0 Å². The molecule has 7 nitrogen and oxygen atoms in total. The van der Waals surface area contributed by atoms with Crippen molar-refractivity contribution in [2.45, 2.75) is 34.2 Å². The summed E-state index contributed by atoms with van der Waals surface area (Å²) in [6.07, 6.45) is 3.05. The fourth-order valence-electron chi connectivity index (χ4n) is 2.85. The van der Waals surface area contributed by atoms with Gasteiger partial charge in [-0.15, -0.1) is 11.3 Å². The van der Waals surface area contributed by atoms with Crippen molar-refractivity contribution in [1.29, 1.82) is 0 Å². The van der Waals surface area contributed by atoms with E-state index in [1.807, 2.05) is 26.8 Å². The zero-order valence-corrected chi connectivity index (χ0v) is 18.9. The van der Waals surface area contributed by atoms with Crippen molar-refractivity contribution in [3.63, 3.8) is 0 Å². The molecule has 0 aliphatic rings. The van der Waals surface area contributed by atoms with E-state index in [-0.39, 0.29) is 24.6 Å². The SMILES string of the molecule is CCOC(=O)C=c1sc(=Cc2cc(C)c(C)cc2C)c(=O)n1CC(=O)NCCOC. The standard InChI is InChI=1S/C22H28N2O5S/c1-6-29-21(26)12-20-24(13-19(25)23-7-8-28-5)22(27)18(30-20)11-17-10-15(3)14(2)9-16(17)4/h9-12H,6-8,13H2,1-5H3,(H,23,25). The van der Waals surface area contributed by atoms with E-state index in [1.165, 1.54) is 16.2 Å². The summed E-state index contributed by atoms with van der Waals surface area (Å²) in [5.74, 6) is -0.888. The molecule has 1 N–H and O–H groups in total. The van der Waals surface area contributed by atoms with E-state index in [2.05, 4.69) is 11.4 Å². The predicted octanol–water partition coefficient (Wildman–Crippen LogP) is 0.770. The molecule has 0 bridgehead atoms. The van der Waals surface area contributed by atoms with E-state index in [9.17, 15) is 14.4 Å². The zero-order valence-electron chi connectivity index (χ0n) is 18.0. The minimum atomic E-state index is -0.554. The molecular weight excluding hydrogens is 404 g/mol. The molecule has 162 valence electrons. The number of hydrogen-bond acceptors (Lipinski definition) is 6. The first kappa shape index (κ1) is 23.6. The number of carbonyl (C=O) groups excluding carboxylic acids is 2. The maximum absolute atomic E-state index is 13.0. The molecule has 30 heavy (non-hydrogen) atoms. The van der Waals surface area contributed by atoms with Crippen LogP contribution in [0.1, 0.15) is 29.2 Å². The van der Waals surface area contributed by atoms with E-state index in [4.69, 9.17) is 9.47 Å². The molecule has 2 rings (SSSR count). The molecule has 0 unspecified atom stereocenters. The van der Waals surface area contributed by atoms with Gasteiger partial charge >= 0.3 is 5.97 Å². The third-order valence-electron chi connectivity index (χ3n) is 4.56. The number of aryl methyl sites for hydroxylation is 3. The first-order valence-corrected chi connectivity index (χ1v) is 10.5. The van der Waals surface area contributed by atoms with Crippen LogP contribution in [0, 0.1) is 20.8 Å². The van der Waals surface area contributed by atoms with Gasteiger partial charge in [-0.05, 0) is 56.0 Å². The van der Waals surface area contributed by atoms with Gasteiger partial charge in [-0.1, -0.05) is 12.1 Å². The maximum atomic E-state index is 13.0. The summed E-state index contributed by atoms with van der Waals surface area (Å²) in [5, 5.41) is 2.69. The number of carbonyl (C=O) groups is 2. The maximum Gasteiger partial charge on any atom is 0.333 e. The summed E-state index contributed by atoms with van der Waals surface area (Å²) in [6.45, 7) is 8.50. The second-order valence-electron chi connectivity index (χ2n) is 6.87. The second kappa shape index (κ2) is 10.9. The van der Waals surface area contributed by atoms with Crippen LogP contribution in [0.4, 0.5) is 0 Å². The number of methoxy groups -OCH3 is 1. The highest BCUT2D eigenvalue weighted by Crippen LogP contribution is 2.15. The molecule has 0 saturated heterocycles. The Hall–Kier alpha value is -2.71. The average molecular weight is 433 g/mol. The number of amides is 1. The molecular formula is C22H28N2O5S. The molecule has 1 heterocycles. The molecule has 1 amide bonds. The summed E-state index contributed by atoms with van der Waals surface area (Å²) in [5.41, 5.74) is 3.95. The molecule has 0 aliphatic heterocycles. The van der Waals surface area contributed by atoms with Gasteiger partial charge in [-0.2, -0.15) is 0 Å². The first-order valence-electron chi connectivity index (χ1n) is 9.70. The van der Waals surface area contributed by atoms with E-state index in [1.54, 1.807) is 20.1 Å². The van der Waals surface area contributed by atoms with Gasteiger partial charge in [0.25, 0.3) is 5.56 Å². The Morgan fingerprint density at radius 1 is 1.17 bits per heavy atom. The van der Waals surface area contributed by atoms with Crippen molar-refractivity contribution >= 4 is 35.4 Å². The third kappa shape index (κ3) is 6.14. The number of ether oxygens (including phenoxy) is 2. The normalized spacial score (nSPS) is 12.3. The molecule has 1 aromatic heterocycles. The van der Waals surface area contributed by atoms with Crippen molar-refractivity contribution in [3.8, 4) is 0 Å². The molecule has 0 aliphatic carbocycles. The molecule has 0 radical (unpaired) electrons. The van der Waals surface area contributed by atoms with E-state index < -0.39 is 5.97 Å². The lowest BCUT2D eigenvalue weighted by Gasteiger charge is -2.05. The third-order valence-corrected chi connectivity index (χ3v) is 5.62. The van der Waals surface area contributed by atoms with Crippen molar-refractivity contribution in [2.75, 3.05) is 26.9 Å². The van der Waals surface area contributed by atoms with Crippen molar-refractivity contribution < 1.29 is 19.1 Å². The van der Waals surface area contributed by atoms with Crippen LogP contribution >= 0.6 is 11.3 Å². The van der Waals surface area contributed by atoms with Crippen LogP contribution in [-0.2, 0) is 25.6 Å². The van der Waals surface area contributed by atoms with Gasteiger partial charge in [0.05, 0.1) is 23.8 Å². The highest BCUT2D eigenvalue weighted by molar-refractivity contribution is 7.07. The Balaban J connectivity index is 2.54. The Labute approximate surface area is 179 Å². The quantitative estimate of drug-likeness (QED) is 0.492. The minimum Gasteiger partial charge on any atom is -0.463 e. The monoisotopic (exact) mass is 432 g/mol. The van der Waals surface area contributed by atoms with Gasteiger partial charge in [0.1, 0.15) is 11.2 Å².